The number of piperidine rings is 1. The molecule has 3 heteroatoms. The first-order valence-electron chi connectivity index (χ1n) is 9.30. The molecule has 1 aliphatic heterocycles. The molecule has 1 heterocycles. The van der Waals surface area contributed by atoms with E-state index in [1.807, 2.05) is 24.0 Å². The van der Waals surface area contributed by atoms with Gasteiger partial charge in [-0.15, -0.1) is 0 Å². The SMILES string of the molecule is Cc1c(Cl)ccc(OCCCCCC[NH+]2CCC(C)CC2)c1C. The van der Waals surface area contributed by atoms with Crippen LogP contribution in [0, 0.1) is 19.8 Å². The third-order valence-corrected chi connectivity index (χ3v) is 5.74. The van der Waals surface area contributed by atoms with Crippen LogP contribution in [0.25, 0.3) is 0 Å². The Labute approximate surface area is 147 Å². The number of quaternary nitrogens is 1. The second-order valence-electron chi connectivity index (χ2n) is 7.24. The zero-order valence-electron chi connectivity index (χ0n) is 15.1. The smallest absolute Gasteiger partial charge is 0.122 e. The maximum Gasteiger partial charge on any atom is 0.122 e. The van der Waals surface area contributed by atoms with Gasteiger partial charge in [-0.1, -0.05) is 18.5 Å². The zero-order chi connectivity index (χ0) is 16.7. The summed E-state index contributed by atoms with van der Waals surface area (Å²) < 4.78 is 5.92. The molecule has 1 fully saturated rings. The van der Waals surface area contributed by atoms with Crippen molar-refractivity contribution >= 4 is 11.6 Å². The maximum atomic E-state index is 6.12. The van der Waals surface area contributed by atoms with Crippen LogP contribution in [0.5, 0.6) is 5.75 Å². The molecule has 1 aromatic rings. The molecule has 0 radical (unpaired) electrons. The normalized spacial score (nSPS) is 21.4. The number of likely N-dealkylation sites (tertiary alicyclic amines) is 1. The van der Waals surface area contributed by atoms with Gasteiger partial charge in [0.1, 0.15) is 5.75 Å². The lowest BCUT2D eigenvalue weighted by Gasteiger charge is -2.27. The van der Waals surface area contributed by atoms with Crippen LogP contribution in [0.2, 0.25) is 5.02 Å². The Balaban J connectivity index is 1.54. The molecule has 0 spiro atoms. The molecule has 1 saturated heterocycles. The Bertz CT molecular complexity index is 481. The topological polar surface area (TPSA) is 13.7 Å². The van der Waals surface area contributed by atoms with Crippen LogP contribution in [0.1, 0.15) is 56.6 Å². The van der Waals surface area contributed by atoms with Gasteiger partial charge in [-0.05, 0) is 81.5 Å². The minimum Gasteiger partial charge on any atom is -0.493 e. The average Bonchev–Trinajstić information content (AvgIpc) is 2.55. The Morgan fingerprint density at radius 2 is 1.74 bits per heavy atom. The van der Waals surface area contributed by atoms with E-state index in [1.165, 1.54) is 57.3 Å². The average molecular weight is 339 g/mol. The number of ether oxygens (including phenoxy) is 1. The molecule has 0 saturated carbocycles. The van der Waals surface area contributed by atoms with Gasteiger partial charge in [0, 0.05) is 5.02 Å². The number of nitrogens with one attached hydrogen (secondary N) is 1. The van der Waals surface area contributed by atoms with Gasteiger partial charge in [0.05, 0.1) is 26.2 Å². The van der Waals surface area contributed by atoms with Crippen LogP contribution in [-0.2, 0) is 0 Å². The molecule has 0 aliphatic carbocycles. The number of hydrogen-bond acceptors (Lipinski definition) is 1. The number of rotatable bonds is 8. The van der Waals surface area contributed by atoms with Crippen molar-refractivity contribution in [1.82, 2.24) is 0 Å². The summed E-state index contributed by atoms with van der Waals surface area (Å²) >= 11 is 6.12. The van der Waals surface area contributed by atoms with E-state index in [0.717, 1.165) is 35.3 Å². The monoisotopic (exact) mass is 338 g/mol. The second kappa shape index (κ2) is 9.54. The molecule has 0 amide bonds. The van der Waals surface area contributed by atoms with Gasteiger partial charge in [0.15, 0.2) is 0 Å². The van der Waals surface area contributed by atoms with Gasteiger partial charge in [0.25, 0.3) is 0 Å². The van der Waals surface area contributed by atoms with Crippen molar-refractivity contribution < 1.29 is 9.64 Å². The van der Waals surface area contributed by atoms with E-state index in [9.17, 15) is 0 Å². The summed E-state index contributed by atoms with van der Waals surface area (Å²) in [6.07, 6.45) is 7.96. The lowest BCUT2D eigenvalue weighted by Crippen LogP contribution is -3.13. The second-order valence-corrected chi connectivity index (χ2v) is 7.65. The first kappa shape index (κ1) is 18.6. The minimum atomic E-state index is 0.815. The molecule has 1 N–H and O–H groups in total. The third-order valence-electron chi connectivity index (χ3n) is 5.33. The van der Waals surface area contributed by atoms with Crippen molar-refractivity contribution in [3.63, 3.8) is 0 Å². The Hall–Kier alpha value is -0.730. The van der Waals surface area contributed by atoms with Gasteiger partial charge >= 0.3 is 0 Å². The van der Waals surface area contributed by atoms with Crippen LogP contribution in [-0.4, -0.2) is 26.2 Å². The Kier molecular flexibility index (Phi) is 7.72. The van der Waals surface area contributed by atoms with Crippen LogP contribution in [0.3, 0.4) is 0 Å². The molecule has 0 aromatic heterocycles. The van der Waals surface area contributed by atoms with Crippen LogP contribution in [0.15, 0.2) is 12.1 Å². The first-order chi connectivity index (χ1) is 11.1. The molecule has 130 valence electrons. The highest BCUT2D eigenvalue weighted by Crippen LogP contribution is 2.27. The van der Waals surface area contributed by atoms with Crippen LogP contribution >= 0.6 is 11.6 Å². The molecule has 2 nitrogen and oxygen atoms in total. The lowest BCUT2D eigenvalue weighted by molar-refractivity contribution is -0.906. The Morgan fingerprint density at radius 1 is 1.04 bits per heavy atom. The van der Waals surface area contributed by atoms with E-state index in [-0.39, 0.29) is 0 Å². The van der Waals surface area contributed by atoms with Gasteiger partial charge < -0.3 is 9.64 Å². The van der Waals surface area contributed by atoms with Gasteiger partial charge in [-0.2, -0.15) is 0 Å². The zero-order valence-corrected chi connectivity index (χ0v) is 15.8. The van der Waals surface area contributed by atoms with E-state index < -0.39 is 0 Å². The summed E-state index contributed by atoms with van der Waals surface area (Å²) in [5.74, 6) is 1.94. The molecule has 2 rings (SSSR count). The standard InChI is InChI=1S/C20H32ClNO/c1-16-10-13-22(14-11-16)12-6-4-5-7-15-23-20-9-8-19(21)17(2)18(20)3/h8-9,16H,4-7,10-15H2,1-3H3/p+1. The number of halogens is 1. The van der Waals surface area contributed by atoms with Crippen LogP contribution < -0.4 is 9.64 Å². The van der Waals surface area contributed by atoms with E-state index in [4.69, 9.17) is 16.3 Å². The number of benzene rings is 1. The summed E-state index contributed by atoms with van der Waals surface area (Å²) in [5, 5.41) is 0.824. The molecular weight excluding hydrogens is 306 g/mol. The van der Waals surface area contributed by atoms with Crippen molar-refractivity contribution in [3.05, 3.63) is 28.3 Å². The summed E-state index contributed by atoms with van der Waals surface area (Å²) in [5.41, 5.74) is 2.29. The molecule has 0 atom stereocenters. The highest BCUT2D eigenvalue weighted by atomic mass is 35.5. The van der Waals surface area contributed by atoms with E-state index in [2.05, 4.69) is 13.8 Å². The fourth-order valence-electron chi connectivity index (χ4n) is 3.35. The van der Waals surface area contributed by atoms with E-state index in [0.29, 0.717) is 0 Å². The summed E-state index contributed by atoms with van der Waals surface area (Å²) in [7, 11) is 0. The Morgan fingerprint density at radius 3 is 2.48 bits per heavy atom. The first-order valence-corrected chi connectivity index (χ1v) is 9.67. The van der Waals surface area contributed by atoms with E-state index in [1.54, 1.807) is 0 Å². The van der Waals surface area contributed by atoms with Crippen molar-refractivity contribution in [2.75, 3.05) is 26.2 Å². The van der Waals surface area contributed by atoms with Gasteiger partial charge in [-0.25, -0.2) is 0 Å². The van der Waals surface area contributed by atoms with Crippen molar-refractivity contribution in [2.45, 2.75) is 59.3 Å². The third kappa shape index (κ3) is 6.00. The van der Waals surface area contributed by atoms with Crippen molar-refractivity contribution in [2.24, 2.45) is 5.92 Å². The number of hydrogen-bond donors (Lipinski definition) is 1. The quantitative estimate of drug-likeness (QED) is 0.701. The summed E-state index contributed by atoms with van der Waals surface area (Å²) in [6, 6.07) is 3.92. The fraction of sp³-hybridized carbons (Fsp3) is 0.700. The minimum absolute atomic E-state index is 0.815. The van der Waals surface area contributed by atoms with Crippen molar-refractivity contribution in [3.8, 4) is 5.75 Å². The van der Waals surface area contributed by atoms with Crippen molar-refractivity contribution in [1.29, 1.82) is 0 Å². The fourth-order valence-corrected chi connectivity index (χ4v) is 3.56. The summed E-state index contributed by atoms with van der Waals surface area (Å²) in [6.45, 7) is 11.5. The molecule has 23 heavy (non-hydrogen) atoms. The largest absolute Gasteiger partial charge is 0.493 e. The predicted octanol–water partition coefficient (Wildman–Crippen LogP) is 4.21. The maximum absolute atomic E-state index is 6.12. The van der Waals surface area contributed by atoms with Gasteiger partial charge in [-0.3, -0.25) is 0 Å². The lowest BCUT2D eigenvalue weighted by atomic mass is 9.99. The molecule has 0 unspecified atom stereocenters. The molecule has 0 bridgehead atoms. The van der Waals surface area contributed by atoms with Crippen LogP contribution in [0.4, 0.5) is 0 Å². The highest BCUT2D eigenvalue weighted by Gasteiger charge is 2.17. The molecule has 1 aromatic carbocycles. The molecule has 1 aliphatic rings. The van der Waals surface area contributed by atoms with E-state index >= 15 is 0 Å². The molecular formula is C20H33ClNO+. The number of unbranched alkanes of at least 4 members (excludes halogenated alkanes) is 3. The predicted molar refractivity (Wildman–Crippen MR) is 98.9 cm³/mol. The highest BCUT2D eigenvalue weighted by molar-refractivity contribution is 6.31. The summed E-state index contributed by atoms with van der Waals surface area (Å²) in [4.78, 5) is 1.83. The van der Waals surface area contributed by atoms with Gasteiger partial charge in [0.2, 0.25) is 0 Å².